The lowest BCUT2D eigenvalue weighted by Crippen LogP contribution is -2.36. The maximum atomic E-state index is 12.9. The third-order valence-electron chi connectivity index (χ3n) is 6.44. The molecule has 2 aromatic carbocycles. The number of amides is 3. The zero-order valence-corrected chi connectivity index (χ0v) is 20.4. The van der Waals surface area contributed by atoms with Crippen molar-refractivity contribution in [3.8, 4) is 0 Å². The molecule has 2 heterocycles. The lowest BCUT2D eigenvalue weighted by molar-refractivity contribution is -0.123. The third-order valence-corrected chi connectivity index (χ3v) is 6.44. The summed E-state index contributed by atoms with van der Waals surface area (Å²) in [6.45, 7) is 8.29. The standard InChI is InChI=1S/C27H30N2O6/c1-15(2)20-9-5-7-16(3)23(20)28-24(30)17(4)35-27(33)18-10-11-21-22(13-18)26(32)29(25(21)31)14-19-8-6-12-34-19/h5,7,9-11,13,15,17,19H,6,8,12,14H2,1-4H3,(H,28,30). The average molecular weight is 479 g/mol. The second-order valence-corrected chi connectivity index (χ2v) is 9.35. The molecule has 0 radical (unpaired) electrons. The highest BCUT2D eigenvalue weighted by atomic mass is 16.5. The highest BCUT2D eigenvalue weighted by Crippen LogP contribution is 2.28. The molecule has 0 aliphatic carbocycles. The van der Waals surface area contributed by atoms with Crippen LogP contribution in [-0.4, -0.2) is 54.0 Å². The van der Waals surface area contributed by atoms with Gasteiger partial charge in [0.05, 0.1) is 29.3 Å². The third kappa shape index (κ3) is 4.98. The summed E-state index contributed by atoms with van der Waals surface area (Å²) < 4.78 is 10.9. The van der Waals surface area contributed by atoms with Gasteiger partial charge >= 0.3 is 5.97 Å². The number of esters is 1. The number of rotatable bonds is 7. The lowest BCUT2D eigenvalue weighted by atomic mass is 9.98. The van der Waals surface area contributed by atoms with Gasteiger partial charge in [0.25, 0.3) is 17.7 Å². The Labute approximate surface area is 204 Å². The fourth-order valence-electron chi connectivity index (χ4n) is 4.42. The summed E-state index contributed by atoms with van der Waals surface area (Å²) in [7, 11) is 0. The number of nitrogens with one attached hydrogen (secondary N) is 1. The molecule has 0 bridgehead atoms. The largest absolute Gasteiger partial charge is 0.449 e. The van der Waals surface area contributed by atoms with Gasteiger partial charge in [-0.3, -0.25) is 19.3 Å². The lowest BCUT2D eigenvalue weighted by Gasteiger charge is -2.19. The topological polar surface area (TPSA) is 102 Å². The molecule has 1 N–H and O–H groups in total. The van der Waals surface area contributed by atoms with Crippen LogP contribution in [0.25, 0.3) is 0 Å². The maximum absolute atomic E-state index is 12.9. The highest BCUT2D eigenvalue weighted by Gasteiger charge is 2.38. The predicted molar refractivity (Wildman–Crippen MR) is 130 cm³/mol. The SMILES string of the molecule is Cc1cccc(C(C)C)c1NC(=O)C(C)OC(=O)c1ccc2c(c1)C(=O)N(CC1CCCO1)C2=O. The van der Waals surface area contributed by atoms with Crippen LogP contribution in [0.3, 0.4) is 0 Å². The van der Waals surface area contributed by atoms with E-state index < -0.39 is 29.8 Å². The molecule has 4 rings (SSSR count). The molecule has 0 aromatic heterocycles. The van der Waals surface area contributed by atoms with Gasteiger partial charge in [-0.2, -0.15) is 0 Å². The van der Waals surface area contributed by atoms with Crippen LogP contribution in [0.2, 0.25) is 0 Å². The first kappa shape index (κ1) is 24.6. The summed E-state index contributed by atoms with van der Waals surface area (Å²) in [6.07, 6.45) is 0.471. The molecule has 0 saturated carbocycles. The molecule has 0 spiro atoms. The number of ether oxygens (including phenoxy) is 2. The van der Waals surface area contributed by atoms with Gasteiger partial charge in [0, 0.05) is 12.3 Å². The van der Waals surface area contributed by atoms with Crippen molar-refractivity contribution in [1.29, 1.82) is 0 Å². The second kappa shape index (κ2) is 10.00. The molecular formula is C27H30N2O6. The van der Waals surface area contributed by atoms with Crippen LogP contribution < -0.4 is 5.32 Å². The van der Waals surface area contributed by atoms with E-state index >= 15 is 0 Å². The molecule has 2 aliphatic rings. The fourth-order valence-corrected chi connectivity index (χ4v) is 4.42. The van der Waals surface area contributed by atoms with Crippen LogP contribution >= 0.6 is 0 Å². The minimum absolute atomic E-state index is 0.0993. The molecular weight excluding hydrogens is 448 g/mol. The molecule has 2 aromatic rings. The molecule has 8 nitrogen and oxygen atoms in total. The number of anilines is 1. The van der Waals surface area contributed by atoms with Crippen molar-refractivity contribution in [2.75, 3.05) is 18.5 Å². The van der Waals surface area contributed by atoms with E-state index in [1.165, 1.54) is 30.0 Å². The Morgan fingerprint density at radius 2 is 1.86 bits per heavy atom. The molecule has 1 saturated heterocycles. The van der Waals surface area contributed by atoms with E-state index in [-0.39, 0.29) is 35.3 Å². The van der Waals surface area contributed by atoms with Crippen LogP contribution in [0.4, 0.5) is 5.69 Å². The number of imide groups is 1. The summed E-state index contributed by atoms with van der Waals surface area (Å²) in [6, 6.07) is 10.0. The van der Waals surface area contributed by atoms with Crippen LogP contribution in [0, 0.1) is 6.92 Å². The molecule has 2 aliphatic heterocycles. The first-order chi connectivity index (χ1) is 16.7. The zero-order chi connectivity index (χ0) is 25.3. The highest BCUT2D eigenvalue weighted by molar-refractivity contribution is 6.22. The molecule has 1 fully saturated rings. The van der Waals surface area contributed by atoms with Crippen LogP contribution in [-0.2, 0) is 14.3 Å². The van der Waals surface area contributed by atoms with E-state index in [4.69, 9.17) is 9.47 Å². The molecule has 184 valence electrons. The van der Waals surface area contributed by atoms with E-state index in [0.717, 1.165) is 24.0 Å². The van der Waals surface area contributed by atoms with Gasteiger partial charge in [-0.15, -0.1) is 0 Å². The maximum Gasteiger partial charge on any atom is 0.338 e. The van der Waals surface area contributed by atoms with Crippen LogP contribution in [0.1, 0.15) is 81.7 Å². The van der Waals surface area contributed by atoms with Crippen molar-refractivity contribution in [3.63, 3.8) is 0 Å². The van der Waals surface area contributed by atoms with Gasteiger partial charge < -0.3 is 14.8 Å². The molecule has 8 heteroatoms. The zero-order valence-electron chi connectivity index (χ0n) is 20.4. The van der Waals surface area contributed by atoms with E-state index in [0.29, 0.717) is 12.3 Å². The Balaban J connectivity index is 1.44. The van der Waals surface area contributed by atoms with Crippen molar-refractivity contribution in [2.24, 2.45) is 0 Å². The van der Waals surface area contributed by atoms with E-state index in [1.807, 2.05) is 39.0 Å². The number of para-hydroxylation sites is 1. The Bertz CT molecular complexity index is 1180. The van der Waals surface area contributed by atoms with Gasteiger partial charge in [-0.1, -0.05) is 32.0 Å². The first-order valence-corrected chi connectivity index (χ1v) is 11.9. The summed E-state index contributed by atoms with van der Waals surface area (Å²) in [5.74, 6) is -1.85. The molecule has 2 unspecified atom stereocenters. The number of carbonyl (C=O) groups is 4. The Kier molecular flexibility index (Phi) is 7.03. The van der Waals surface area contributed by atoms with Crippen LogP contribution in [0.15, 0.2) is 36.4 Å². The number of benzene rings is 2. The average Bonchev–Trinajstić information content (AvgIpc) is 3.42. The van der Waals surface area contributed by atoms with Crippen molar-refractivity contribution in [3.05, 3.63) is 64.2 Å². The van der Waals surface area contributed by atoms with E-state index in [1.54, 1.807) is 0 Å². The quantitative estimate of drug-likeness (QED) is 0.475. The smallest absolute Gasteiger partial charge is 0.338 e. The van der Waals surface area contributed by atoms with Crippen LogP contribution in [0.5, 0.6) is 0 Å². The Morgan fingerprint density at radius 3 is 2.54 bits per heavy atom. The Hall–Kier alpha value is -3.52. The number of aryl methyl sites for hydroxylation is 1. The van der Waals surface area contributed by atoms with Gasteiger partial charge in [0.2, 0.25) is 0 Å². The summed E-state index contributed by atoms with van der Waals surface area (Å²) in [5, 5.41) is 2.88. The van der Waals surface area contributed by atoms with E-state index in [2.05, 4.69) is 5.32 Å². The van der Waals surface area contributed by atoms with Crippen molar-refractivity contribution in [2.45, 2.75) is 58.7 Å². The monoisotopic (exact) mass is 478 g/mol. The minimum Gasteiger partial charge on any atom is -0.449 e. The minimum atomic E-state index is -1.07. The number of nitrogens with zero attached hydrogens (tertiary/aromatic N) is 1. The number of carbonyl (C=O) groups excluding carboxylic acids is 4. The first-order valence-electron chi connectivity index (χ1n) is 11.9. The van der Waals surface area contributed by atoms with Gasteiger partial charge in [-0.05, 0) is 61.9 Å². The summed E-state index contributed by atoms with van der Waals surface area (Å²) >= 11 is 0. The summed E-state index contributed by atoms with van der Waals surface area (Å²) in [5.41, 5.74) is 3.12. The van der Waals surface area contributed by atoms with Crippen molar-refractivity contribution >= 4 is 29.4 Å². The molecule has 35 heavy (non-hydrogen) atoms. The number of hydrogen-bond donors (Lipinski definition) is 1. The normalized spacial score (nSPS) is 18.1. The predicted octanol–water partition coefficient (Wildman–Crippen LogP) is 4.08. The second-order valence-electron chi connectivity index (χ2n) is 9.35. The van der Waals surface area contributed by atoms with E-state index in [9.17, 15) is 19.2 Å². The number of hydrogen-bond acceptors (Lipinski definition) is 6. The molecule has 2 atom stereocenters. The summed E-state index contributed by atoms with van der Waals surface area (Å²) in [4.78, 5) is 52.3. The number of fused-ring (bicyclic) bond motifs is 1. The van der Waals surface area contributed by atoms with Gasteiger partial charge in [-0.25, -0.2) is 4.79 Å². The van der Waals surface area contributed by atoms with Crippen molar-refractivity contribution in [1.82, 2.24) is 4.90 Å². The molecule has 3 amide bonds. The Morgan fingerprint density at radius 1 is 1.11 bits per heavy atom. The fraction of sp³-hybridized carbons (Fsp3) is 0.407. The van der Waals surface area contributed by atoms with Crippen molar-refractivity contribution < 1.29 is 28.7 Å². The van der Waals surface area contributed by atoms with Gasteiger partial charge in [0.15, 0.2) is 6.10 Å². The van der Waals surface area contributed by atoms with Gasteiger partial charge in [0.1, 0.15) is 0 Å².